The monoisotopic (exact) mass is 342 g/mol. The molecule has 0 bridgehead atoms. The molecule has 2 unspecified atom stereocenters. The fourth-order valence-electron chi connectivity index (χ4n) is 3.13. The summed E-state index contributed by atoms with van der Waals surface area (Å²) in [5, 5.41) is 9.99. The number of nitrogens with zero attached hydrogens (tertiary/aromatic N) is 2. The highest BCUT2D eigenvalue weighted by Crippen LogP contribution is 2.26. The third kappa shape index (κ3) is 4.29. The smallest absolute Gasteiger partial charge is 0.288 e. The SMILES string of the molecule is CCC(C([N+](=O)[O-])S(=O)(=O)c1ccccc1)N(C(C)C)C(C)C. The molecule has 0 aliphatic rings. The molecule has 0 aliphatic heterocycles. The summed E-state index contributed by atoms with van der Waals surface area (Å²) in [6.45, 7) is 9.49. The van der Waals surface area contributed by atoms with Gasteiger partial charge in [-0.1, -0.05) is 25.1 Å². The van der Waals surface area contributed by atoms with Gasteiger partial charge in [0.05, 0.1) is 10.9 Å². The summed E-state index contributed by atoms with van der Waals surface area (Å²) < 4.78 is 25.7. The van der Waals surface area contributed by atoms with Crippen LogP contribution in [0, 0.1) is 10.1 Å². The maximum absolute atomic E-state index is 12.9. The molecule has 0 saturated heterocycles. The molecule has 1 rings (SSSR count). The van der Waals surface area contributed by atoms with Crippen LogP contribution in [0.4, 0.5) is 0 Å². The molecule has 23 heavy (non-hydrogen) atoms. The summed E-state index contributed by atoms with van der Waals surface area (Å²) in [5.74, 6) is 0. The number of benzene rings is 1. The molecule has 0 fully saturated rings. The largest absolute Gasteiger partial charge is 0.329 e. The third-order valence-electron chi connectivity index (χ3n) is 3.92. The molecular formula is C16H26N2O4S. The van der Waals surface area contributed by atoms with Crippen LogP contribution in [0.1, 0.15) is 41.0 Å². The Balaban J connectivity index is 3.42. The second kappa shape index (κ2) is 7.88. The first kappa shape index (κ1) is 19.6. The lowest BCUT2D eigenvalue weighted by atomic mass is 10.1. The Kier molecular flexibility index (Phi) is 6.70. The van der Waals surface area contributed by atoms with Crippen LogP contribution in [0.5, 0.6) is 0 Å². The van der Waals surface area contributed by atoms with E-state index in [-0.39, 0.29) is 17.0 Å². The van der Waals surface area contributed by atoms with Crippen molar-refractivity contribution in [3.05, 3.63) is 40.4 Å². The predicted molar refractivity (Wildman–Crippen MR) is 90.6 cm³/mol. The van der Waals surface area contributed by atoms with Gasteiger partial charge < -0.3 is 0 Å². The van der Waals surface area contributed by atoms with E-state index in [2.05, 4.69) is 0 Å². The van der Waals surface area contributed by atoms with Gasteiger partial charge in [-0.05, 0) is 46.2 Å². The normalized spacial score (nSPS) is 15.1. The molecule has 1 aromatic carbocycles. The lowest BCUT2D eigenvalue weighted by Crippen LogP contribution is -2.55. The second-order valence-electron chi connectivity index (χ2n) is 6.14. The molecular weight excluding hydrogens is 316 g/mol. The Morgan fingerprint density at radius 2 is 1.57 bits per heavy atom. The molecule has 0 aromatic heterocycles. The Morgan fingerprint density at radius 3 is 1.91 bits per heavy atom. The van der Waals surface area contributed by atoms with Crippen LogP contribution in [0.15, 0.2) is 35.2 Å². The summed E-state index contributed by atoms with van der Waals surface area (Å²) >= 11 is 0. The van der Waals surface area contributed by atoms with Gasteiger partial charge >= 0.3 is 5.37 Å². The van der Waals surface area contributed by atoms with Crippen LogP contribution in [0.25, 0.3) is 0 Å². The maximum Gasteiger partial charge on any atom is 0.329 e. The van der Waals surface area contributed by atoms with Gasteiger partial charge in [0.1, 0.15) is 0 Å². The summed E-state index contributed by atoms with van der Waals surface area (Å²) in [7, 11) is -4.06. The fourth-order valence-corrected chi connectivity index (χ4v) is 4.92. The van der Waals surface area contributed by atoms with E-state index in [1.807, 2.05) is 32.6 Å². The number of rotatable bonds is 8. The van der Waals surface area contributed by atoms with Gasteiger partial charge in [-0.2, -0.15) is 0 Å². The predicted octanol–water partition coefficient (Wildman–Crippen LogP) is 2.96. The van der Waals surface area contributed by atoms with Crippen molar-refractivity contribution in [3.63, 3.8) is 0 Å². The Hall–Kier alpha value is -1.47. The molecule has 0 amide bonds. The van der Waals surface area contributed by atoms with E-state index in [0.717, 1.165) is 0 Å². The standard InChI is InChI=1S/C16H26N2O4S/c1-6-15(17(12(2)3)13(4)5)16(18(19)20)23(21,22)14-10-8-7-9-11-14/h7-13,15-16H,6H2,1-5H3. The minimum atomic E-state index is -4.06. The van der Waals surface area contributed by atoms with Crippen LogP contribution >= 0.6 is 0 Å². The van der Waals surface area contributed by atoms with E-state index in [1.54, 1.807) is 25.1 Å². The van der Waals surface area contributed by atoms with Gasteiger partial charge in [0, 0.05) is 17.0 Å². The molecule has 0 saturated carbocycles. The molecule has 6 nitrogen and oxygen atoms in total. The lowest BCUT2D eigenvalue weighted by molar-refractivity contribution is -0.505. The number of hydrogen-bond donors (Lipinski definition) is 0. The average molecular weight is 342 g/mol. The Bertz CT molecular complexity index is 606. The maximum atomic E-state index is 12.9. The third-order valence-corrected chi connectivity index (χ3v) is 5.97. The second-order valence-corrected chi connectivity index (χ2v) is 8.19. The van der Waals surface area contributed by atoms with Crippen molar-refractivity contribution >= 4 is 9.84 Å². The molecule has 0 aliphatic carbocycles. The van der Waals surface area contributed by atoms with Crippen molar-refractivity contribution in [2.75, 3.05) is 0 Å². The van der Waals surface area contributed by atoms with Crippen LogP contribution in [-0.4, -0.2) is 41.7 Å². The average Bonchev–Trinajstić information content (AvgIpc) is 2.45. The number of sulfone groups is 1. The summed E-state index contributed by atoms with van der Waals surface area (Å²) in [6.07, 6.45) is 0.383. The first-order chi connectivity index (χ1) is 10.6. The summed E-state index contributed by atoms with van der Waals surface area (Å²) in [5.41, 5.74) is 0. The minimum absolute atomic E-state index is 0.00684. The van der Waals surface area contributed by atoms with Gasteiger partial charge in [-0.3, -0.25) is 15.0 Å². The first-order valence-corrected chi connectivity index (χ1v) is 9.39. The quantitative estimate of drug-likeness (QED) is 0.536. The molecule has 130 valence electrons. The van der Waals surface area contributed by atoms with Gasteiger partial charge in [0.2, 0.25) is 9.84 Å². The van der Waals surface area contributed by atoms with E-state index in [1.165, 1.54) is 12.1 Å². The van der Waals surface area contributed by atoms with Crippen LogP contribution in [0.2, 0.25) is 0 Å². The molecule has 7 heteroatoms. The van der Waals surface area contributed by atoms with E-state index >= 15 is 0 Å². The molecule has 0 radical (unpaired) electrons. The van der Waals surface area contributed by atoms with Crippen molar-refractivity contribution in [1.82, 2.24) is 4.90 Å². The van der Waals surface area contributed by atoms with E-state index in [9.17, 15) is 18.5 Å². The summed E-state index contributed by atoms with van der Waals surface area (Å²) in [6, 6.07) is 6.99. The summed E-state index contributed by atoms with van der Waals surface area (Å²) in [4.78, 5) is 12.9. The molecule has 0 heterocycles. The molecule has 0 spiro atoms. The van der Waals surface area contributed by atoms with E-state index in [0.29, 0.717) is 6.42 Å². The highest BCUT2D eigenvalue weighted by Gasteiger charge is 2.47. The van der Waals surface area contributed by atoms with E-state index in [4.69, 9.17) is 0 Å². The fraction of sp³-hybridized carbons (Fsp3) is 0.625. The Morgan fingerprint density at radius 1 is 1.09 bits per heavy atom. The zero-order chi connectivity index (χ0) is 17.8. The van der Waals surface area contributed by atoms with Gasteiger partial charge in [0.25, 0.3) is 0 Å². The van der Waals surface area contributed by atoms with E-state index < -0.39 is 26.2 Å². The van der Waals surface area contributed by atoms with Crippen LogP contribution in [-0.2, 0) is 9.84 Å². The van der Waals surface area contributed by atoms with Crippen molar-refractivity contribution < 1.29 is 13.3 Å². The highest BCUT2D eigenvalue weighted by atomic mass is 32.2. The Labute approximate surface area is 138 Å². The zero-order valence-corrected chi connectivity index (χ0v) is 15.2. The van der Waals surface area contributed by atoms with Crippen LogP contribution < -0.4 is 0 Å². The zero-order valence-electron chi connectivity index (χ0n) is 14.3. The highest BCUT2D eigenvalue weighted by molar-refractivity contribution is 7.92. The van der Waals surface area contributed by atoms with Crippen molar-refractivity contribution in [3.8, 4) is 0 Å². The van der Waals surface area contributed by atoms with Gasteiger partial charge in [-0.15, -0.1) is 0 Å². The minimum Gasteiger partial charge on any atom is -0.288 e. The first-order valence-electron chi connectivity index (χ1n) is 7.84. The van der Waals surface area contributed by atoms with Gasteiger partial charge in [-0.25, -0.2) is 8.42 Å². The number of nitro groups is 1. The van der Waals surface area contributed by atoms with Crippen molar-refractivity contribution in [1.29, 1.82) is 0 Å². The topological polar surface area (TPSA) is 80.5 Å². The number of hydrogen-bond acceptors (Lipinski definition) is 5. The van der Waals surface area contributed by atoms with Crippen molar-refractivity contribution in [2.45, 2.75) is 69.4 Å². The van der Waals surface area contributed by atoms with Crippen molar-refractivity contribution in [2.24, 2.45) is 0 Å². The lowest BCUT2D eigenvalue weighted by Gasteiger charge is -2.38. The molecule has 1 aromatic rings. The van der Waals surface area contributed by atoms with Gasteiger partial charge in [0.15, 0.2) is 0 Å². The molecule has 0 N–H and O–H groups in total. The molecule has 2 atom stereocenters. The van der Waals surface area contributed by atoms with Crippen LogP contribution in [0.3, 0.4) is 0 Å².